The Hall–Kier alpha value is -4.82. The molecule has 0 spiro atoms. The van der Waals surface area contributed by atoms with Gasteiger partial charge in [-0.3, -0.25) is 8.78 Å². The van der Waals surface area contributed by atoms with E-state index >= 15 is 0 Å². The predicted octanol–water partition coefficient (Wildman–Crippen LogP) is 10.6. The van der Waals surface area contributed by atoms with Crippen LogP contribution in [0, 0.1) is 47.4 Å². The summed E-state index contributed by atoms with van der Waals surface area (Å²) in [6, 6.07) is 34.2. The number of fused-ring (bicyclic) bond motifs is 6. The Morgan fingerprint density at radius 2 is 1.53 bits per heavy atom. The van der Waals surface area contributed by atoms with Gasteiger partial charge in [0.2, 0.25) is 0 Å². The van der Waals surface area contributed by atoms with Crippen molar-refractivity contribution in [3.8, 4) is 28.6 Å². The minimum Gasteiger partial charge on any atom is -0.305 e. The summed E-state index contributed by atoms with van der Waals surface area (Å²) in [5, 5.41) is 15.5. The maximum atomic E-state index is 13.2. The number of hydrogen-bond acceptors (Lipinski definition) is 3. The number of nitrogens with zero attached hydrogens (tertiary/aromatic N) is 3. The molecule has 0 saturated heterocycles. The molecule has 0 aliphatic rings. The second kappa shape index (κ2) is 13.9. The van der Waals surface area contributed by atoms with Gasteiger partial charge in [0, 0.05) is 51.0 Å². The fraction of sp³-hybridized carbons (Fsp3) is 0.146. The zero-order chi connectivity index (χ0) is 36.7. The van der Waals surface area contributed by atoms with Gasteiger partial charge in [-0.1, -0.05) is 103 Å². The number of benzene rings is 5. The Bertz CT molecular complexity index is 2470. The van der Waals surface area contributed by atoms with Crippen molar-refractivity contribution in [3.63, 3.8) is 0 Å². The van der Waals surface area contributed by atoms with Crippen LogP contribution in [-0.2, 0) is 26.5 Å². The fourth-order valence-electron chi connectivity index (χ4n) is 5.37. The van der Waals surface area contributed by atoms with E-state index in [1.165, 1.54) is 6.20 Å². The molecule has 0 fully saturated rings. The average molecular weight is 801 g/mol. The summed E-state index contributed by atoms with van der Waals surface area (Å²) < 4.78 is 67.4. The molecule has 6 heteroatoms. The fourth-order valence-corrected chi connectivity index (χ4v) is 5.37. The molecule has 0 unspecified atom stereocenters. The molecule has 235 valence electrons. The number of aromatic nitrogens is 2. The van der Waals surface area contributed by atoms with Crippen molar-refractivity contribution in [3.05, 3.63) is 144 Å². The minimum atomic E-state index is -2.50. The van der Waals surface area contributed by atoms with Gasteiger partial charge in [0.25, 0.3) is 0 Å². The molecule has 5 aromatic carbocycles. The van der Waals surface area contributed by atoms with Crippen LogP contribution in [0.1, 0.15) is 44.3 Å². The summed E-state index contributed by atoms with van der Waals surface area (Å²) in [4.78, 5) is 8.39. The summed E-state index contributed by atoms with van der Waals surface area (Å²) in [5.74, 6) is -1.29. The van der Waals surface area contributed by atoms with E-state index in [1.54, 1.807) is 57.3 Å². The van der Waals surface area contributed by atoms with E-state index in [1.807, 2.05) is 48.5 Å². The second-order valence-electron chi connectivity index (χ2n) is 11.8. The number of rotatable bonds is 3. The Kier molecular flexibility index (Phi) is 8.07. The van der Waals surface area contributed by atoms with Gasteiger partial charge in [0.15, 0.2) is 0 Å². The minimum absolute atomic E-state index is 0. The molecule has 3 nitrogen and oxygen atoms in total. The molecule has 1 radical (unpaired) electrons. The summed E-state index contributed by atoms with van der Waals surface area (Å²) in [7, 11) is 0. The van der Waals surface area contributed by atoms with E-state index < -0.39 is 30.3 Å². The molecule has 0 saturated carbocycles. The molecule has 7 aromatic rings. The second-order valence-corrected chi connectivity index (χ2v) is 11.8. The quantitative estimate of drug-likeness (QED) is 0.132. The van der Waals surface area contributed by atoms with E-state index in [4.69, 9.17) is 6.85 Å². The molecule has 0 N–H and O–H groups in total. The van der Waals surface area contributed by atoms with E-state index in [2.05, 4.69) is 28.2 Å². The van der Waals surface area contributed by atoms with Crippen LogP contribution >= 0.6 is 0 Å². The van der Waals surface area contributed by atoms with E-state index in [9.17, 15) is 14.0 Å². The predicted molar refractivity (Wildman–Crippen MR) is 182 cm³/mol. The number of aryl methyl sites for hydroxylation is 1. The molecular weight excluding hydrogens is 765 g/mol. The zero-order valence-electron chi connectivity index (χ0n) is 30.7. The van der Waals surface area contributed by atoms with Crippen molar-refractivity contribution >= 4 is 32.3 Å². The first kappa shape index (κ1) is 27.3. The van der Waals surface area contributed by atoms with Crippen molar-refractivity contribution in [2.45, 2.75) is 34.0 Å². The monoisotopic (exact) mass is 801 g/mol. The van der Waals surface area contributed by atoms with Crippen molar-refractivity contribution < 1.29 is 35.7 Å². The molecule has 0 aliphatic heterocycles. The van der Waals surface area contributed by atoms with Gasteiger partial charge in [0.1, 0.15) is 0 Å². The molecule has 0 bridgehead atoms. The van der Waals surface area contributed by atoms with Gasteiger partial charge in [0.05, 0.1) is 11.6 Å². The van der Waals surface area contributed by atoms with Crippen LogP contribution in [-0.4, -0.2) is 9.97 Å². The molecule has 0 atom stereocenters. The molecule has 7 rings (SSSR count). The van der Waals surface area contributed by atoms with Crippen molar-refractivity contribution in [2.24, 2.45) is 5.41 Å². The Balaban J connectivity index is 0.000000292. The van der Waals surface area contributed by atoms with E-state index in [0.29, 0.717) is 22.5 Å². The number of halogens is 2. The van der Waals surface area contributed by atoms with Crippen LogP contribution in [0.15, 0.2) is 103 Å². The van der Waals surface area contributed by atoms with Crippen LogP contribution in [0.5, 0.6) is 0 Å². The number of hydrogen-bond donors (Lipinski definition) is 0. The summed E-state index contributed by atoms with van der Waals surface area (Å²) in [6.07, 6.45) is 0.908. The molecule has 47 heavy (non-hydrogen) atoms. The SMILES string of the molecule is Fc1c[c-]c(-c2ccccn2)c(F)c1.[2H]C([2H])([2H])c1cnc(-c2[c-]cc3c4ccccc4c4cc(C#N)ccc4c3c2)cc1C([2H])([2H])C(C)(C)C.[Ir]. The molecule has 0 amide bonds. The normalized spacial score (nSPS) is 13.2. The number of nitriles is 1. The van der Waals surface area contributed by atoms with Crippen molar-refractivity contribution in [1.29, 1.82) is 5.26 Å². The Morgan fingerprint density at radius 1 is 0.809 bits per heavy atom. The topological polar surface area (TPSA) is 49.6 Å². The molecule has 2 aromatic heterocycles. The van der Waals surface area contributed by atoms with Gasteiger partial charge in [-0.2, -0.15) is 5.26 Å². The zero-order valence-corrected chi connectivity index (χ0v) is 28.1. The van der Waals surface area contributed by atoms with Gasteiger partial charge in [-0.15, -0.1) is 35.9 Å². The first-order valence-corrected chi connectivity index (χ1v) is 14.6. The molecular formula is C41H31F2IrN3-2. The first-order valence-electron chi connectivity index (χ1n) is 17.1. The standard InChI is InChI=1S/C30H25N2.C11H6F2N.Ir/c1-19-18-32-29(15-22(19)16-30(2,3)4)21-10-12-25-23-7-5-6-8-24(23)27-13-20(17-31)9-11-26(27)28(25)14-21;12-8-4-5-9(10(13)7-8)11-3-1-2-6-14-11;/h5-9,11-15,18H,16H2,1-4H3;1-4,6-7H;/q2*-1;/i1D3,16D2;;. The Morgan fingerprint density at radius 3 is 2.21 bits per heavy atom. The maximum absolute atomic E-state index is 13.2. The van der Waals surface area contributed by atoms with Crippen LogP contribution in [0.25, 0.3) is 54.8 Å². The Labute approximate surface area is 294 Å². The third-order valence-corrected chi connectivity index (χ3v) is 7.37. The van der Waals surface area contributed by atoms with Crippen molar-refractivity contribution in [2.75, 3.05) is 0 Å². The van der Waals surface area contributed by atoms with E-state index in [-0.39, 0.29) is 36.8 Å². The average Bonchev–Trinajstić information content (AvgIpc) is 3.11. The van der Waals surface area contributed by atoms with E-state index in [0.717, 1.165) is 44.5 Å². The van der Waals surface area contributed by atoms with Crippen LogP contribution in [0.3, 0.4) is 0 Å². The molecule has 2 heterocycles. The van der Waals surface area contributed by atoms with Gasteiger partial charge >= 0.3 is 0 Å². The maximum Gasteiger partial charge on any atom is 0.0991 e. The third-order valence-electron chi connectivity index (χ3n) is 7.37. The molecule has 0 aliphatic carbocycles. The smallest absolute Gasteiger partial charge is 0.0991 e. The number of pyridine rings is 2. The summed E-state index contributed by atoms with van der Waals surface area (Å²) >= 11 is 0. The van der Waals surface area contributed by atoms with Gasteiger partial charge < -0.3 is 9.97 Å². The summed E-state index contributed by atoms with van der Waals surface area (Å²) in [5.41, 5.74) is 1.49. The van der Waals surface area contributed by atoms with Crippen LogP contribution < -0.4 is 0 Å². The van der Waals surface area contributed by atoms with Gasteiger partial charge in [-0.05, 0) is 69.9 Å². The van der Waals surface area contributed by atoms with Crippen LogP contribution in [0.4, 0.5) is 8.78 Å². The van der Waals surface area contributed by atoms with Gasteiger partial charge in [-0.25, -0.2) is 0 Å². The van der Waals surface area contributed by atoms with Crippen LogP contribution in [0.2, 0.25) is 0 Å². The van der Waals surface area contributed by atoms with Crippen molar-refractivity contribution in [1.82, 2.24) is 9.97 Å². The largest absolute Gasteiger partial charge is 0.305 e. The summed E-state index contributed by atoms with van der Waals surface area (Å²) in [6.45, 7) is 2.77. The third kappa shape index (κ3) is 7.28. The first-order chi connectivity index (χ1) is 24.1.